The van der Waals surface area contributed by atoms with Crippen molar-refractivity contribution in [3.63, 3.8) is 0 Å². The van der Waals surface area contributed by atoms with Crippen LogP contribution in [0.15, 0.2) is 30.3 Å². The van der Waals surface area contributed by atoms with Gasteiger partial charge < -0.3 is 24.9 Å². The predicted molar refractivity (Wildman–Crippen MR) is 108 cm³/mol. The normalized spacial score (nSPS) is 26.7. The molecule has 1 fully saturated rings. The van der Waals surface area contributed by atoms with Crippen LogP contribution in [0, 0.1) is 0 Å². The van der Waals surface area contributed by atoms with E-state index in [1.165, 1.54) is 0 Å². The molecule has 4 N–H and O–H groups in total. The first-order valence-electron chi connectivity index (χ1n) is 9.62. The summed E-state index contributed by atoms with van der Waals surface area (Å²) < 4.78 is 0.736. The number of piperidine rings is 1. The molecule has 1 saturated heterocycles. The number of aliphatic hydroxyl groups excluding tert-OH is 4. The monoisotopic (exact) mass is 393 g/mol. The molecule has 4 unspecified atom stereocenters. The summed E-state index contributed by atoms with van der Waals surface area (Å²) >= 11 is 0. The van der Waals surface area contributed by atoms with Gasteiger partial charge in [0.2, 0.25) is 0 Å². The molecule has 0 radical (unpaired) electrons. The summed E-state index contributed by atoms with van der Waals surface area (Å²) in [5.41, 5.74) is 1.56. The standard InChI is InChI=1S/C21H33N2O5/c1-23(2,3)11-9-18(25)16-8-4-6-15(12-16)7-5-10-22-13-19(26)21(28)20(27)17(22)14-24/h4-8,12,17,19-21,24,26-28H,9-11,13-14H2,1-3H3/q+1/b7-5+. The number of nitrogens with zero attached hydrogens (tertiary/aromatic N) is 2. The first-order chi connectivity index (χ1) is 13.1. The van der Waals surface area contributed by atoms with Crippen molar-refractivity contribution >= 4 is 11.9 Å². The Kier molecular flexibility index (Phi) is 7.88. The minimum Gasteiger partial charge on any atom is -0.395 e. The molecule has 0 saturated carbocycles. The van der Waals surface area contributed by atoms with Gasteiger partial charge in [-0.05, 0) is 11.6 Å². The smallest absolute Gasteiger partial charge is 0.168 e. The van der Waals surface area contributed by atoms with E-state index in [-0.39, 0.29) is 18.9 Å². The molecular formula is C21H33N2O5+. The summed E-state index contributed by atoms with van der Waals surface area (Å²) in [5.74, 6) is 0.111. The lowest BCUT2D eigenvalue weighted by Gasteiger charge is -2.42. The fourth-order valence-corrected chi connectivity index (χ4v) is 3.31. The fraction of sp³-hybridized carbons (Fsp3) is 0.571. The molecule has 156 valence electrons. The molecular weight excluding hydrogens is 360 g/mol. The van der Waals surface area contributed by atoms with E-state index in [2.05, 4.69) is 21.1 Å². The van der Waals surface area contributed by atoms with E-state index in [0.29, 0.717) is 18.5 Å². The lowest BCUT2D eigenvalue weighted by Crippen LogP contribution is -2.62. The van der Waals surface area contributed by atoms with Gasteiger partial charge in [-0.15, -0.1) is 0 Å². The number of likely N-dealkylation sites (tertiary alicyclic amines) is 1. The number of quaternary nitrogens is 1. The highest BCUT2D eigenvalue weighted by Crippen LogP contribution is 2.19. The lowest BCUT2D eigenvalue weighted by atomic mass is 9.94. The zero-order valence-electron chi connectivity index (χ0n) is 16.9. The molecule has 1 aromatic rings. The number of rotatable bonds is 8. The average molecular weight is 394 g/mol. The Hall–Kier alpha value is -1.61. The maximum absolute atomic E-state index is 12.4. The molecule has 0 spiro atoms. The number of benzene rings is 1. The van der Waals surface area contributed by atoms with Crippen molar-refractivity contribution in [1.29, 1.82) is 0 Å². The largest absolute Gasteiger partial charge is 0.395 e. The van der Waals surface area contributed by atoms with Gasteiger partial charge in [-0.3, -0.25) is 9.69 Å². The van der Waals surface area contributed by atoms with Gasteiger partial charge in [0.05, 0.1) is 52.9 Å². The van der Waals surface area contributed by atoms with Crippen LogP contribution in [-0.2, 0) is 0 Å². The van der Waals surface area contributed by atoms with Crippen LogP contribution >= 0.6 is 0 Å². The summed E-state index contributed by atoms with van der Waals surface area (Å²) in [6, 6.07) is 6.78. The summed E-state index contributed by atoms with van der Waals surface area (Å²) in [6.45, 7) is 1.02. The van der Waals surface area contributed by atoms with E-state index in [0.717, 1.165) is 16.6 Å². The lowest BCUT2D eigenvalue weighted by molar-refractivity contribution is -0.869. The van der Waals surface area contributed by atoms with Gasteiger partial charge in [0.1, 0.15) is 12.2 Å². The Labute approximate surface area is 166 Å². The van der Waals surface area contributed by atoms with Crippen LogP contribution in [0.25, 0.3) is 6.08 Å². The second-order valence-electron chi connectivity index (χ2n) is 8.47. The van der Waals surface area contributed by atoms with Crippen molar-refractivity contribution in [3.05, 3.63) is 41.5 Å². The SMILES string of the molecule is C[N+](C)(C)CCC(=O)c1cccc(/C=C/CN2CC(O)C(O)C(O)C2CO)c1. The zero-order chi connectivity index (χ0) is 20.9. The Balaban J connectivity index is 1.99. The molecule has 7 heteroatoms. The van der Waals surface area contributed by atoms with Gasteiger partial charge in [0.15, 0.2) is 5.78 Å². The second-order valence-corrected chi connectivity index (χ2v) is 8.47. The maximum atomic E-state index is 12.4. The van der Waals surface area contributed by atoms with Gasteiger partial charge in [-0.1, -0.05) is 30.4 Å². The van der Waals surface area contributed by atoms with Gasteiger partial charge in [0, 0.05) is 18.7 Å². The quantitative estimate of drug-likeness (QED) is 0.359. The molecule has 0 bridgehead atoms. The van der Waals surface area contributed by atoms with Crippen molar-refractivity contribution in [2.75, 3.05) is 47.4 Å². The predicted octanol–water partition coefficient (Wildman–Crippen LogP) is -0.262. The van der Waals surface area contributed by atoms with E-state index in [9.17, 15) is 25.2 Å². The molecule has 0 amide bonds. The minimum atomic E-state index is -1.26. The van der Waals surface area contributed by atoms with Gasteiger partial charge in [0.25, 0.3) is 0 Å². The molecule has 1 aliphatic heterocycles. The van der Waals surface area contributed by atoms with Crippen molar-refractivity contribution in [2.24, 2.45) is 0 Å². The van der Waals surface area contributed by atoms with Crippen molar-refractivity contribution in [3.8, 4) is 0 Å². The van der Waals surface area contributed by atoms with Crippen LogP contribution in [0.5, 0.6) is 0 Å². The molecule has 1 heterocycles. The van der Waals surface area contributed by atoms with Gasteiger partial charge in [-0.25, -0.2) is 0 Å². The average Bonchev–Trinajstić information content (AvgIpc) is 2.64. The van der Waals surface area contributed by atoms with E-state index in [1.807, 2.05) is 36.4 Å². The van der Waals surface area contributed by atoms with Crippen LogP contribution in [0.2, 0.25) is 0 Å². The summed E-state index contributed by atoms with van der Waals surface area (Å²) in [4.78, 5) is 14.1. The first kappa shape index (κ1) is 22.7. The molecule has 0 aromatic heterocycles. The number of hydrogen-bond acceptors (Lipinski definition) is 6. The van der Waals surface area contributed by atoms with Crippen LogP contribution in [0.3, 0.4) is 0 Å². The van der Waals surface area contributed by atoms with Crippen LogP contribution in [0.4, 0.5) is 0 Å². The van der Waals surface area contributed by atoms with E-state index >= 15 is 0 Å². The summed E-state index contributed by atoms with van der Waals surface area (Å²) in [5, 5.41) is 39.1. The molecule has 0 aliphatic carbocycles. The van der Waals surface area contributed by atoms with Crippen LogP contribution in [-0.4, -0.2) is 107 Å². The highest BCUT2D eigenvalue weighted by atomic mass is 16.4. The highest BCUT2D eigenvalue weighted by molar-refractivity contribution is 5.96. The molecule has 2 rings (SSSR count). The van der Waals surface area contributed by atoms with Crippen molar-refractivity contribution in [2.45, 2.75) is 30.8 Å². The maximum Gasteiger partial charge on any atom is 0.168 e. The number of carbonyl (C=O) groups is 1. The topological polar surface area (TPSA) is 101 Å². The molecule has 1 aromatic carbocycles. The molecule has 4 atom stereocenters. The Morgan fingerprint density at radius 2 is 1.93 bits per heavy atom. The van der Waals surface area contributed by atoms with E-state index < -0.39 is 24.4 Å². The molecule has 28 heavy (non-hydrogen) atoms. The molecule has 1 aliphatic rings. The second kappa shape index (κ2) is 9.73. The van der Waals surface area contributed by atoms with Gasteiger partial charge >= 0.3 is 0 Å². The summed E-state index contributed by atoms with van der Waals surface area (Å²) in [6.07, 6.45) is 0.690. The zero-order valence-corrected chi connectivity index (χ0v) is 16.9. The number of hydrogen-bond donors (Lipinski definition) is 4. The van der Waals surface area contributed by atoms with Crippen molar-refractivity contribution in [1.82, 2.24) is 4.90 Å². The Bertz CT molecular complexity index is 686. The van der Waals surface area contributed by atoms with E-state index in [4.69, 9.17) is 0 Å². The Morgan fingerprint density at radius 3 is 2.57 bits per heavy atom. The fourth-order valence-electron chi connectivity index (χ4n) is 3.31. The third-order valence-electron chi connectivity index (χ3n) is 5.08. The minimum absolute atomic E-state index is 0.111. The third-order valence-corrected chi connectivity index (χ3v) is 5.08. The first-order valence-corrected chi connectivity index (χ1v) is 9.62. The molecule has 7 nitrogen and oxygen atoms in total. The van der Waals surface area contributed by atoms with Crippen LogP contribution in [0.1, 0.15) is 22.3 Å². The number of β-amino-alcohol motifs (C(OH)–C–C–N with tert-alkyl or cyclic N) is 1. The van der Waals surface area contributed by atoms with Crippen molar-refractivity contribution < 1.29 is 29.7 Å². The van der Waals surface area contributed by atoms with Gasteiger partial charge in [-0.2, -0.15) is 0 Å². The van der Waals surface area contributed by atoms with Crippen LogP contribution < -0.4 is 0 Å². The Morgan fingerprint density at radius 1 is 1.21 bits per heavy atom. The summed E-state index contributed by atoms with van der Waals surface area (Å²) in [7, 11) is 6.17. The van der Waals surface area contributed by atoms with E-state index in [1.54, 1.807) is 4.90 Å². The number of carbonyl (C=O) groups excluding carboxylic acids is 1. The number of ketones is 1. The number of Topliss-reactive ketones (excluding diaryl/α,β-unsaturated/α-hetero) is 1. The highest BCUT2D eigenvalue weighted by Gasteiger charge is 2.40. The third kappa shape index (κ3) is 6.20. The number of aliphatic hydroxyl groups is 4.